The van der Waals surface area contributed by atoms with Crippen molar-refractivity contribution in [3.05, 3.63) is 53.1 Å². The lowest BCUT2D eigenvalue weighted by Gasteiger charge is -2.09. The number of anilines is 1. The van der Waals surface area contributed by atoms with Crippen LogP contribution in [0.1, 0.15) is 0 Å². The van der Waals surface area contributed by atoms with E-state index >= 15 is 0 Å². The van der Waals surface area contributed by atoms with Gasteiger partial charge in [-0.15, -0.1) is 0 Å². The van der Waals surface area contributed by atoms with Crippen LogP contribution in [-0.4, -0.2) is 18.6 Å². The van der Waals surface area contributed by atoms with E-state index in [0.717, 1.165) is 15.4 Å². The van der Waals surface area contributed by atoms with Crippen LogP contribution in [-0.2, 0) is 10.0 Å². The van der Waals surface area contributed by atoms with E-state index in [9.17, 15) is 8.42 Å². The zero-order valence-corrected chi connectivity index (χ0v) is 12.6. The summed E-state index contributed by atoms with van der Waals surface area (Å²) in [5.41, 5.74) is 1.28. The molecule has 0 saturated carbocycles. The van der Waals surface area contributed by atoms with Gasteiger partial charge in [-0.3, -0.25) is 9.82 Å². The second-order valence-corrected chi connectivity index (χ2v) is 6.79. The molecule has 0 unspecified atom stereocenters. The van der Waals surface area contributed by atoms with Crippen molar-refractivity contribution >= 4 is 42.5 Å². The number of hydrogen-bond donors (Lipinski definition) is 2. The maximum absolute atomic E-state index is 12.3. The molecule has 0 bridgehead atoms. The highest BCUT2D eigenvalue weighted by molar-refractivity contribution is 9.10. The predicted octanol–water partition coefficient (Wildman–Crippen LogP) is 3.13. The van der Waals surface area contributed by atoms with Crippen LogP contribution in [0.4, 0.5) is 5.69 Å². The lowest BCUT2D eigenvalue weighted by Crippen LogP contribution is -2.12. The van der Waals surface area contributed by atoms with E-state index in [1.165, 1.54) is 0 Å². The molecule has 0 spiro atoms. The number of aromatic nitrogens is 2. The molecule has 0 radical (unpaired) electrons. The summed E-state index contributed by atoms with van der Waals surface area (Å²) in [5.74, 6) is 0. The number of nitrogens with zero attached hydrogens (tertiary/aromatic N) is 1. The Morgan fingerprint density at radius 2 is 1.85 bits per heavy atom. The third-order valence-electron chi connectivity index (χ3n) is 2.85. The number of rotatable bonds is 3. The Bertz CT molecular complexity index is 857. The van der Waals surface area contributed by atoms with Crippen molar-refractivity contribution in [3.63, 3.8) is 0 Å². The summed E-state index contributed by atoms with van der Waals surface area (Å²) in [6.07, 6.45) is 1.59. The summed E-state index contributed by atoms with van der Waals surface area (Å²) < 4.78 is 28.1. The highest BCUT2D eigenvalue weighted by Gasteiger charge is 2.15. The first kappa shape index (κ1) is 13.1. The minimum absolute atomic E-state index is 0.209. The Morgan fingerprint density at radius 1 is 1.10 bits per heavy atom. The van der Waals surface area contributed by atoms with Crippen LogP contribution in [0.5, 0.6) is 0 Å². The average Bonchev–Trinajstić information content (AvgIpc) is 2.88. The van der Waals surface area contributed by atoms with Crippen molar-refractivity contribution in [1.82, 2.24) is 10.2 Å². The molecule has 0 fully saturated rings. The van der Waals surface area contributed by atoms with Gasteiger partial charge < -0.3 is 0 Å². The molecule has 0 aliphatic heterocycles. The quantitative estimate of drug-likeness (QED) is 0.761. The van der Waals surface area contributed by atoms with Gasteiger partial charge in [-0.25, -0.2) is 8.42 Å². The zero-order valence-electron chi connectivity index (χ0n) is 10.2. The van der Waals surface area contributed by atoms with Crippen LogP contribution >= 0.6 is 15.9 Å². The van der Waals surface area contributed by atoms with Gasteiger partial charge in [-0.05, 0) is 36.4 Å². The molecule has 0 amide bonds. The second-order valence-electron chi connectivity index (χ2n) is 4.20. The van der Waals surface area contributed by atoms with Gasteiger partial charge in [-0.1, -0.05) is 22.0 Å². The first-order valence-corrected chi connectivity index (χ1v) is 8.04. The summed E-state index contributed by atoms with van der Waals surface area (Å²) in [6, 6.07) is 11.8. The number of nitrogens with one attached hydrogen (secondary N) is 2. The Balaban J connectivity index is 2.01. The molecule has 20 heavy (non-hydrogen) atoms. The number of sulfonamides is 1. The van der Waals surface area contributed by atoms with Crippen molar-refractivity contribution in [2.24, 2.45) is 0 Å². The van der Waals surface area contributed by atoms with Gasteiger partial charge in [0.05, 0.1) is 22.3 Å². The van der Waals surface area contributed by atoms with E-state index in [1.54, 1.807) is 42.6 Å². The molecule has 3 aromatic rings. The second kappa shape index (κ2) is 4.92. The molecule has 7 heteroatoms. The molecule has 3 rings (SSSR count). The number of halogens is 1. The van der Waals surface area contributed by atoms with Gasteiger partial charge >= 0.3 is 0 Å². The van der Waals surface area contributed by atoms with Gasteiger partial charge in [0, 0.05) is 9.86 Å². The fourth-order valence-electron chi connectivity index (χ4n) is 1.87. The molecule has 0 aliphatic carbocycles. The highest BCUT2D eigenvalue weighted by Crippen LogP contribution is 2.24. The summed E-state index contributed by atoms with van der Waals surface area (Å²) >= 11 is 3.28. The van der Waals surface area contributed by atoms with Crippen LogP contribution in [0.3, 0.4) is 0 Å². The summed E-state index contributed by atoms with van der Waals surface area (Å²) in [6.45, 7) is 0. The Labute approximate surface area is 124 Å². The predicted molar refractivity (Wildman–Crippen MR) is 81.0 cm³/mol. The van der Waals surface area contributed by atoms with E-state index < -0.39 is 10.0 Å². The normalized spacial score (nSPS) is 11.7. The van der Waals surface area contributed by atoms with Crippen molar-refractivity contribution in [1.29, 1.82) is 0 Å². The third kappa shape index (κ3) is 2.41. The monoisotopic (exact) mass is 351 g/mol. The SMILES string of the molecule is O=S(=O)(Nc1cccc2[nH]ncc12)c1ccc(Br)cc1. The lowest BCUT2D eigenvalue weighted by atomic mass is 10.2. The molecule has 5 nitrogen and oxygen atoms in total. The molecule has 1 heterocycles. The van der Waals surface area contributed by atoms with Gasteiger partial charge in [0.25, 0.3) is 10.0 Å². The topological polar surface area (TPSA) is 74.8 Å². The van der Waals surface area contributed by atoms with Gasteiger partial charge in [-0.2, -0.15) is 5.10 Å². The number of aromatic amines is 1. The maximum atomic E-state index is 12.3. The van der Waals surface area contributed by atoms with Crippen LogP contribution in [0, 0.1) is 0 Å². The fraction of sp³-hybridized carbons (Fsp3) is 0. The van der Waals surface area contributed by atoms with E-state index in [4.69, 9.17) is 0 Å². The average molecular weight is 352 g/mol. The van der Waals surface area contributed by atoms with E-state index in [2.05, 4.69) is 30.8 Å². The van der Waals surface area contributed by atoms with Crippen LogP contribution < -0.4 is 4.72 Å². The number of benzene rings is 2. The molecular formula is C13H10BrN3O2S. The Morgan fingerprint density at radius 3 is 2.60 bits per heavy atom. The minimum atomic E-state index is -3.61. The molecule has 1 aromatic heterocycles. The van der Waals surface area contributed by atoms with Gasteiger partial charge in [0.15, 0.2) is 0 Å². The van der Waals surface area contributed by atoms with Crippen LogP contribution in [0.15, 0.2) is 58.0 Å². The lowest BCUT2D eigenvalue weighted by molar-refractivity contribution is 0.601. The first-order chi connectivity index (χ1) is 9.56. The van der Waals surface area contributed by atoms with Crippen LogP contribution in [0.25, 0.3) is 10.9 Å². The van der Waals surface area contributed by atoms with Crippen molar-refractivity contribution in [2.75, 3.05) is 4.72 Å². The Kier molecular flexibility index (Phi) is 3.23. The number of H-pyrrole nitrogens is 1. The molecule has 0 atom stereocenters. The third-order valence-corrected chi connectivity index (χ3v) is 4.76. The van der Waals surface area contributed by atoms with Gasteiger partial charge in [0.2, 0.25) is 0 Å². The summed E-state index contributed by atoms with van der Waals surface area (Å²) in [4.78, 5) is 0.209. The standard InChI is InChI=1S/C13H10BrN3O2S/c14-9-4-6-10(7-5-9)20(18,19)17-13-3-1-2-12-11(13)8-15-16-12/h1-8,17H,(H,15,16). The van der Waals surface area contributed by atoms with E-state index in [0.29, 0.717) is 5.69 Å². The summed E-state index contributed by atoms with van der Waals surface area (Å²) in [5, 5.41) is 7.44. The number of fused-ring (bicyclic) bond motifs is 1. The van der Waals surface area contributed by atoms with Crippen molar-refractivity contribution < 1.29 is 8.42 Å². The van der Waals surface area contributed by atoms with Gasteiger partial charge in [0.1, 0.15) is 0 Å². The van der Waals surface area contributed by atoms with E-state index in [-0.39, 0.29) is 4.90 Å². The molecule has 2 aromatic carbocycles. The smallest absolute Gasteiger partial charge is 0.261 e. The largest absolute Gasteiger partial charge is 0.279 e. The molecule has 2 N–H and O–H groups in total. The van der Waals surface area contributed by atoms with Crippen LogP contribution in [0.2, 0.25) is 0 Å². The van der Waals surface area contributed by atoms with Crippen molar-refractivity contribution in [2.45, 2.75) is 4.90 Å². The Hall–Kier alpha value is -1.86. The molecule has 102 valence electrons. The molecule has 0 aliphatic rings. The molecule has 0 saturated heterocycles. The van der Waals surface area contributed by atoms with E-state index in [1.807, 2.05) is 6.07 Å². The highest BCUT2D eigenvalue weighted by atomic mass is 79.9. The minimum Gasteiger partial charge on any atom is -0.279 e. The first-order valence-electron chi connectivity index (χ1n) is 5.77. The molecular weight excluding hydrogens is 342 g/mol. The summed E-state index contributed by atoms with van der Waals surface area (Å²) in [7, 11) is -3.61. The maximum Gasteiger partial charge on any atom is 0.261 e. The van der Waals surface area contributed by atoms with Crippen molar-refractivity contribution in [3.8, 4) is 0 Å². The fourth-order valence-corrected chi connectivity index (χ4v) is 3.22. The number of hydrogen-bond acceptors (Lipinski definition) is 3. The zero-order chi connectivity index (χ0) is 14.2.